The third-order valence-corrected chi connectivity index (χ3v) is 4.57. The molecule has 1 aromatic rings. The van der Waals surface area contributed by atoms with E-state index in [0.717, 1.165) is 31.5 Å². The fourth-order valence-corrected chi connectivity index (χ4v) is 3.31. The molecule has 2 saturated heterocycles. The van der Waals surface area contributed by atoms with Crippen molar-refractivity contribution in [3.05, 3.63) is 29.6 Å². The van der Waals surface area contributed by atoms with Crippen LogP contribution in [0.25, 0.3) is 0 Å². The standard InChI is InChI=1S/C15H20FNO2/c1-18-14-3-2-12(8-13(14)16)15(9-19-10-15)11-4-6-17-7-5-11/h2-3,8,11,17H,4-7,9-10H2,1H3. The average molecular weight is 265 g/mol. The van der Waals surface area contributed by atoms with Crippen molar-refractivity contribution in [2.45, 2.75) is 18.3 Å². The van der Waals surface area contributed by atoms with Crippen LogP contribution in [0.3, 0.4) is 0 Å². The normalized spacial score (nSPS) is 22.8. The summed E-state index contributed by atoms with van der Waals surface area (Å²) < 4.78 is 24.4. The Kier molecular flexibility index (Phi) is 3.46. The molecule has 2 heterocycles. The Morgan fingerprint density at radius 1 is 1.32 bits per heavy atom. The zero-order valence-corrected chi connectivity index (χ0v) is 11.2. The average Bonchev–Trinajstić information content (AvgIpc) is 2.39. The van der Waals surface area contributed by atoms with Crippen molar-refractivity contribution in [2.24, 2.45) is 5.92 Å². The predicted molar refractivity (Wildman–Crippen MR) is 71.0 cm³/mol. The van der Waals surface area contributed by atoms with Crippen molar-refractivity contribution < 1.29 is 13.9 Å². The van der Waals surface area contributed by atoms with Crippen molar-refractivity contribution in [1.29, 1.82) is 0 Å². The molecule has 0 saturated carbocycles. The van der Waals surface area contributed by atoms with Gasteiger partial charge in [0.25, 0.3) is 0 Å². The molecule has 0 aromatic heterocycles. The largest absolute Gasteiger partial charge is 0.494 e. The number of rotatable bonds is 3. The number of ether oxygens (including phenoxy) is 2. The van der Waals surface area contributed by atoms with Crippen LogP contribution in [-0.2, 0) is 10.2 Å². The highest BCUT2D eigenvalue weighted by molar-refractivity contribution is 5.36. The first-order valence-electron chi connectivity index (χ1n) is 6.89. The molecular weight excluding hydrogens is 245 g/mol. The lowest BCUT2D eigenvalue weighted by Gasteiger charge is -2.49. The van der Waals surface area contributed by atoms with Gasteiger partial charge in [-0.05, 0) is 49.5 Å². The molecule has 104 valence electrons. The maximum Gasteiger partial charge on any atom is 0.165 e. The van der Waals surface area contributed by atoms with Gasteiger partial charge in [0.15, 0.2) is 11.6 Å². The van der Waals surface area contributed by atoms with Gasteiger partial charge in [0.2, 0.25) is 0 Å². The van der Waals surface area contributed by atoms with Crippen molar-refractivity contribution in [3.63, 3.8) is 0 Å². The number of piperidine rings is 1. The second kappa shape index (κ2) is 5.10. The summed E-state index contributed by atoms with van der Waals surface area (Å²) in [5, 5.41) is 3.38. The van der Waals surface area contributed by atoms with Gasteiger partial charge in [0, 0.05) is 5.41 Å². The third-order valence-electron chi connectivity index (χ3n) is 4.57. The van der Waals surface area contributed by atoms with Gasteiger partial charge in [-0.1, -0.05) is 6.07 Å². The molecule has 2 fully saturated rings. The Morgan fingerprint density at radius 3 is 2.58 bits per heavy atom. The summed E-state index contributed by atoms with van der Waals surface area (Å²) in [5.41, 5.74) is 1.07. The number of benzene rings is 1. The molecule has 1 aromatic carbocycles. The smallest absolute Gasteiger partial charge is 0.165 e. The van der Waals surface area contributed by atoms with E-state index in [1.54, 1.807) is 12.1 Å². The summed E-state index contributed by atoms with van der Waals surface area (Å²) >= 11 is 0. The Bertz CT molecular complexity index is 453. The minimum absolute atomic E-state index is 0.00914. The number of halogens is 1. The van der Waals surface area contributed by atoms with Gasteiger partial charge in [0.05, 0.1) is 20.3 Å². The van der Waals surface area contributed by atoms with Crippen LogP contribution in [-0.4, -0.2) is 33.4 Å². The molecule has 1 N–H and O–H groups in total. The molecular formula is C15H20FNO2. The second-order valence-electron chi connectivity index (χ2n) is 5.52. The Labute approximate surface area is 113 Å². The van der Waals surface area contributed by atoms with Crippen LogP contribution in [0.5, 0.6) is 5.75 Å². The van der Waals surface area contributed by atoms with E-state index in [9.17, 15) is 4.39 Å². The predicted octanol–water partition coefficient (Wildman–Crippen LogP) is 2.10. The molecule has 0 spiro atoms. The molecule has 0 atom stereocenters. The molecule has 3 nitrogen and oxygen atoms in total. The maximum absolute atomic E-state index is 13.9. The molecule has 0 unspecified atom stereocenters. The van der Waals surface area contributed by atoms with Gasteiger partial charge in [-0.25, -0.2) is 4.39 Å². The van der Waals surface area contributed by atoms with E-state index in [0.29, 0.717) is 24.9 Å². The van der Waals surface area contributed by atoms with E-state index in [-0.39, 0.29) is 11.2 Å². The quantitative estimate of drug-likeness (QED) is 0.908. The van der Waals surface area contributed by atoms with E-state index < -0.39 is 0 Å². The minimum atomic E-state index is -0.278. The first kappa shape index (κ1) is 12.9. The number of hydrogen-bond donors (Lipinski definition) is 1. The van der Waals surface area contributed by atoms with Crippen LogP contribution >= 0.6 is 0 Å². The van der Waals surface area contributed by atoms with E-state index >= 15 is 0 Å². The zero-order chi connectivity index (χ0) is 13.3. The molecule has 4 heteroatoms. The van der Waals surface area contributed by atoms with Crippen LogP contribution in [0, 0.1) is 11.7 Å². The fraction of sp³-hybridized carbons (Fsp3) is 0.600. The Balaban J connectivity index is 1.90. The van der Waals surface area contributed by atoms with Crippen molar-refractivity contribution in [3.8, 4) is 5.75 Å². The summed E-state index contributed by atoms with van der Waals surface area (Å²) in [5.74, 6) is 0.611. The van der Waals surface area contributed by atoms with Gasteiger partial charge in [-0.3, -0.25) is 0 Å². The van der Waals surface area contributed by atoms with Crippen molar-refractivity contribution in [1.82, 2.24) is 5.32 Å². The third kappa shape index (κ3) is 2.13. The highest BCUT2D eigenvalue weighted by atomic mass is 19.1. The molecule has 2 aliphatic rings. The lowest BCUT2D eigenvalue weighted by Crippen LogP contribution is -2.54. The van der Waals surface area contributed by atoms with Gasteiger partial charge in [-0.2, -0.15) is 0 Å². The van der Waals surface area contributed by atoms with Crippen molar-refractivity contribution >= 4 is 0 Å². The highest BCUT2D eigenvalue weighted by Gasteiger charge is 2.47. The van der Waals surface area contributed by atoms with Gasteiger partial charge in [0.1, 0.15) is 0 Å². The monoisotopic (exact) mass is 265 g/mol. The van der Waals surface area contributed by atoms with Crippen LogP contribution in [0.2, 0.25) is 0 Å². The van der Waals surface area contributed by atoms with Gasteiger partial charge < -0.3 is 14.8 Å². The highest BCUT2D eigenvalue weighted by Crippen LogP contribution is 2.44. The topological polar surface area (TPSA) is 30.5 Å². The lowest BCUT2D eigenvalue weighted by molar-refractivity contribution is -0.0965. The van der Waals surface area contributed by atoms with Crippen LogP contribution in [0.4, 0.5) is 4.39 Å². The summed E-state index contributed by atoms with van der Waals surface area (Å²) in [4.78, 5) is 0. The zero-order valence-electron chi connectivity index (χ0n) is 11.2. The summed E-state index contributed by atoms with van der Waals surface area (Å²) in [6, 6.07) is 5.35. The first-order valence-corrected chi connectivity index (χ1v) is 6.89. The maximum atomic E-state index is 13.9. The molecule has 0 amide bonds. The minimum Gasteiger partial charge on any atom is -0.494 e. The number of nitrogens with one attached hydrogen (secondary N) is 1. The van der Waals surface area contributed by atoms with E-state index in [1.807, 2.05) is 6.07 Å². The SMILES string of the molecule is COc1ccc(C2(C3CCNCC3)COC2)cc1F. The van der Waals surface area contributed by atoms with E-state index in [2.05, 4.69) is 5.32 Å². The fourth-order valence-electron chi connectivity index (χ4n) is 3.31. The summed E-state index contributed by atoms with van der Waals surface area (Å²) in [7, 11) is 1.49. The number of methoxy groups -OCH3 is 1. The van der Waals surface area contributed by atoms with Crippen molar-refractivity contribution in [2.75, 3.05) is 33.4 Å². The Morgan fingerprint density at radius 2 is 2.05 bits per heavy atom. The van der Waals surface area contributed by atoms with Gasteiger partial charge in [-0.15, -0.1) is 0 Å². The van der Waals surface area contributed by atoms with Crippen LogP contribution < -0.4 is 10.1 Å². The van der Waals surface area contributed by atoms with E-state index in [4.69, 9.17) is 9.47 Å². The molecule has 2 aliphatic heterocycles. The summed E-state index contributed by atoms with van der Waals surface area (Å²) in [6.45, 7) is 3.52. The van der Waals surface area contributed by atoms with E-state index in [1.165, 1.54) is 7.11 Å². The summed E-state index contributed by atoms with van der Waals surface area (Å²) in [6.07, 6.45) is 2.27. The lowest BCUT2D eigenvalue weighted by atomic mass is 9.65. The molecule has 19 heavy (non-hydrogen) atoms. The number of hydrogen-bond acceptors (Lipinski definition) is 3. The van der Waals surface area contributed by atoms with Crippen LogP contribution in [0.1, 0.15) is 18.4 Å². The molecule has 3 rings (SSSR count). The first-order chi connectivity index (χ1) is 9.26. The van der Waals surface area contributed by atoms with Gasteiger partial charge >= 0.3 is 0 Å². The second-order valence-corrected chi connectivity index (χ2v) is 5.52. The van der Waals surface area contributed by atoms with Crippen LogP contribution in [0.15, 0.2) is 18.2 Å². The molecule has 0 bridgehead atoms. The Hall–Kier alpha value is -1.13. The molecule has 0 aliphatic carbocycles. The molecule has 0 radical (unpaired) electrons.